The highest BCUT2D eigenvalue weighted by Gasteiger charge is 2.20. The Morgan fingerprint density at radius 3 is 2.58 bits per heavy atom. The molecule has 0 fully saturated rings. The van der Waals surface area contributed by atoms with Gasteiger partial charge in [-0.15, -0.1) is 0 Å². The van der Waals surface area contributed by atoms with E-state index in [1.54, 1.807) is 7.11 Å². The van der Waals surface area contributed by atoms with Crippen molar-refractivity contribution in [2.24, 2.45) is 5.73 Å². The van der Waals surface area contributed by atoms with E-state index in [0.717, 1.165) is 16.9 Å². The van der Waals surface area contributed by atoms with Gasteiger partial charge >= 0.3 is 0 Å². The predicted octanol–water partition coefficient (Wildman–Crippen LogP) is 2.50. The van der Waals surface area contributed by atoms with Gasteiger partial charge in [0.1, 0.15) is 5.75 Å². The van der Waals surface area contributed by atoms with Crippen molar-refractivity contribution in [1.82, 2.24) is 10.1 Å². The molecule has 1 aromatic carbocycles. The number of nitrogens with zero attached hydrogens (tertiary/aromatic N) is 2. The van der Waals surface area contributed by atoms with Gasteiger partial charge < -0.3 is 15.0 Å². The summed E-state index contributed by atoms with van der Waals surface area (Å²) in [4.78, 5) is 4.23. The molecule has 0 atom stereocenters. The number of rotatable bonds is 3. The van der Waals surface area contributed by atoms with Gasteiger partial charge in [0, 0.05) is 11.1 Å². The van der Waals surface area contributed by atoms with Crippen LogP contribution in [0.2, 0.25) is 0 Å². The van der Waals surface area contributed by atoms with Crippen LogP contribution in [0.3, 0.4) is 0 Å². The molecule has 0 saturated carbocycles. The molecule has 0 saturated heterocycles. The zero-order valence-electron chi connectivity index (χ0n) is 11.7. The maximum absolute atomic E-state index is 5.47. The quantitative estimate of drug-likeness (QED) is 0.918. The first kappa shape index (κ1) is 13.5. The molecule has 0 amide bonds. The van der Waals surface area contributed by atoms with Crippen molar-refractivity contribution in [3.05, 3.63) is 29.7 Å². The second-order valence-electron chi connectivity index (χ2n) is 5.38. The van der Waals surface area contributed by atoms with Crippen LogP contribution in [-0.4, -0.2) is 17.3 Å². The molecule has 2 aromatic rings. The van der Waals surface area contributed by atoms with E-state index in [1.807, 2.05) is 18.2 Å². The average molecular weight is 261 g/mol. The predicted molar refractivity (Wildman–Crippen MR) is 72.9 cm³/mol. The lowest BCUT2D eigenvalue weighted by molar-refractivity contribution is 0.380. The Labute approximate surface area is 112 Å². The molecule has 5 nitrogen and oxygen atoms in total. The summed E-state index contributed by atoms with van der Waals surface area (Å²) in [5, 5.41) is 3.93. The Balaban J connectivity index is 2.48. The summed E-state index contributed by atoms with van der Waals surface area (Å²) >= 11 is 0. The van der Waals surface area contributed by atoms with Crippen LogP contribution < -0.4 is 10.5 Å². The van der Waals surface area contributed by atoms with Crippen LogP contribution in [0.4, 0.5) is 0 Å². The fourth-order valence-corrected chi connectivity index (χ4v) is 1.89. The Morgan fingerprint density at radius 2 is 2.05 bits per heavy atom. The maximum Gasteiger partial charge on any atom is 0.240 e. The van der Waals surface area contributed by atoms with Crippen LogP contribution in [0.25, 0.3) is 11.4 Å². The summed E-state index contributed by atoms with van der Waals surface area (Å²) in [7, 11) is 1.67. The summed E-state index contributed by atoms with van der Waals surface area (Å²) in [5.74, 6) is 1.84. The largest absolute Gasteiger partial charge is 0.496 e. The van der Waals surface area contributed by atoms with Gasteiger partial charge in [-0.3, -0.25) is 0 Å². The Hall–Kier alpha value is -1.88. The lowest BCUT2D eigenvalue weighted by atomic mass is 9.85. The third-order valence-electron chi connectivity index (χ3n) is 2.91. The van der Waals surface area contributed by atoms with Crippen LogP contribution in [0.5, 0.6) is 5.75 Å². The first-order valence-corrected chi connectivity index (χ1v) is 6.17. The van der Waals surface area contributed by atoms with E-state index in [1.165, 1.54) is 0 Å². The minimum Gasteiger partial charge on any atom is -0.496 e. The van der Waals surface area contributed by atoms with Gasteiger partial charge in [-0.05, 0) is 23.6 Å². The number of hydrogen-bond donors (Lipinski definition) is 1. The van der Waals surface area contributed by atoms with Crippen LogP contribution in [0, 0.1) is 0 Å². The van der Waals surface area contributed by atoms with Crippen LogP contribution in [-0.2, 0) is 12.0 Å². The normalized spacial score (nSPS) is 11.6. The van der Waals surface area contributed by atoms with Gasteiger partial charge in [-0.2, -0.15) is 4.98 Å². The van der Waals surface area contributed by atoms with E-state index in [0.29, 0.717) is 11.7 Å². The van der Waals surface area contributed by atoms with Gasteiger partial charge in [-0.25, -0.2) is 0 Å². The van der Waals surface area contributed by atoms with Crippen molar-refractivity contribution < 1.29 is 9.26 Å². The molecule has 0 unspecified atom stereocenters. The minimum absolute atomic E-state index is 0.0260. The summed E-state index contributed by atoms with van der Waals surface area (Å²) in [6.07, 6.45) is 0. The zero-order valence-corrected chi connectivity index (χ0v) is 11.7. The monoisotopic (exact) mass is 261 g/mol. The van der Waals surface area contributed by atoms with Gasteiger partial charge in [0.2, 0.25) is 11.7 Å². The molecule has 0 spiro atoms. The lowest BCUT2D eigenvalue weighted by Crippen LogP contribution is -2.13. The molecule has 2 rings (SSSR count). The SMILES string of the molecule is COc1ccc(-c2noc(CN)n2)cc1C(C)(C)C. The van der Waals surface area contributed by atoms with Crippen molar-refractivity contribution in [3.63, 3.8) is 0 Å². The molecule has 0 aliphatic rings. The summed E-state index contributed by atoms with van der Waals surface area (Å²) < 4.78 is 10.4. The van der Waals surface area contributed by atoms with E-state index in [4.69, 9.17) is 15.0 Å². The fraction of sp³-hybridized carbons (Fsp3) is 0.429. The standard InChI is InChI=1S/C14H19N3O2/c1-14(2,3)10-7-9(5-6-11(10)18-4)13-16-12(8-15)19-17-13/h5-7H,8,15H2,1-4H3. The highest BCUT2D eigenvalue weighted by Crippen LogP contribution is 2.34. The van der Waals surface area contributed by atoms with E-state index >= 15 is 0 Å². The van der Waals surface area contributed by atoms with E-state index in [9.17, 15) is 0 Å². The third-order valence-corrected chi connectivity index (χ3v) is 2.91. The first-order valence-electron chi connectivity index (χ1n) is 6.17. The highest BCUT2D eigenvalue weighted by molar-refractivity contribution is 5.59. The van der Waals surface area contributed by atoms with Crippen LogP contribution in [0.15, 0.2) is 22.7 Å². The van der Waals surface area contributed by atoms with Gasteiger partial charge in [-0.1, -0.05) is 25.9 Å². The Kier molecular flexibility index (Phi) is 3.57. The fourth-order valence-electron chi connectivity index (χ4n) is 1.89. The van der Waals surface area contributed by atoms with Crippen LogP contribution >= 0.6 is 0 Å². The molecule has 0 aliphatic heterocycles. The molecule has 1 heterocycles. The highest BCUT2D eigenvalue weighted by atomic mass is 16.5. The number of hydrogen-bond acceptors (Lipinski definition) is 5. The molecule has 0 bridgehead atoms. The number of aromatic nitrogens is 2. The molecule has 19 heavy (non-hydrogen) atoms. The lowest BCUT2D eigenvalue weighted by Gasteiger charge is -2.22. The molecule has 102 valence electrons. The molecule has 2 N–H and O–H groups in total. The molecular formula is C14H19N3O2. The summed E-state index contributed by atoms with van der Waals surface area (Å²) in [6, 6.07) is 5.87. The summed E-state index contributed by atoms with van der Waals surface area (Å²) in [6.45, 7) is 6.65. The van der Waals surface area contributed by atoms with Crippen molar-refractivity contribution in [3.8, 4) is 17.1 Å². The zero-order chi connectivity index (χ0) is 14.0. The van der Waals surface area contributed by atoms with E-state index in [2.05, 4.69) is 30.9 Å². The molecule has 5 heteroatoms. The average Bonchev–Trinajstić information content (AvgIpc) is 2.85. The van der Waals surface area contributed by atoms with Crippen LogP contribution in [0.1, 0.15) is 32.2 Å². The first-order chi connectivity index (χ1) is 8.95. The smallest absolute Gasteiger partial charge is 0.240 e. The second kappa shape index (κ2) is 5.01. The Bertz CT molecular complexity index is 570. The van der Waals surface area contributed by atoms with Gasteiger partial charge in [0.05, 0.1) is 13.7 Å². The number of nitrogens with two attached hydrogens (primary N) is 1. The third kappa shape index (κ3) is 2.76. The Morgan fingerprint density at radius 1 is 1.32 bits per heavy atom. The van der Waals surface area contributed by atoms with Crippen molar-refractivity contribution in [2.45, 2.75) is 32.7 Å². The molecule has 0 aliphatic carbocycles. The topological polar surface area (TPSA) is 74.2 Å². The van der Waals surface area contributed by atoms with Crippen molar-refractivity contribution in [1.29, 1.82) is 0 Å². The van der Waals surface area contributed by atoms with Crippen molar-refractivity contribution in [2.75, 3.05) is 7.11 Å². The maximum atomic E-state index is 5.47. The van der Waals surface area contributed by atoms with Gasteiger partial charge in [0.25, 0.3) is 0 Å². The molecule has 1 aromatic heterocycles. The molecular weight excluding hydrogens is 242 g/mol. The summed E-state index contributed by atoms with van der Waals surface area (Å²) in [5.41, 5.74) is 7.44. The van der Waals surface area contributed by atoms with Crippen molar-refractivity contribution >= 4 is 0 Å². The number of methoxy groups -OCH3 is 1. The molecule has 0 radical (unpaired) electrons. The number of ether oxygens (including phenoxy) is 1. The number of benzene rings is 1. The minimum atomic E-state index is -0.0260. The second-order valence-corrected chi connectivity index (χ2v) is 5.38. The van der Waals surface area contributed by atoms with E-state index < -0.39 is 0 Å². The van der Waals surface area contributed by atoms with Gasteiger partial charge in [0.15, 0.2) is 0 Å². The van der Waals surface area contributed by atoms with E-state index in [-0.39, 0.29) is 12.0 Å².